The molecule has 0 aromatic heterocycles. The normalized spacial score (nSPS) is 22.4. The van der Waals surface area contributed by atoms with Crippen molar-refractivity contribution in [1.82, 2.24) is 9.80 Å². The van der Waals surface area contributed by atoms with Crippen molar-refractivity contribution in [3.8, 4) is 0 Å². The fraction of sp³-hybridized carbons (Fsp3) is 0.929. The highest BCUT2D eigenvalue weighted by molar-refractivity contribution is 5.68. The second-order valence-electron chi connectivity index (χ2n) is 6.36. The van der Waals surface area contributed by atoms with Crippen LogP contribution in [0.25, 0.3) is 0 Å². The van der Waals surface area contributed by atoms with Crippen LogP contribution in [0.3, 0.4) is 0 Å². The summed E-state index contributed by atoms with van der Waals surface area (Å²) in [4.78, 5) is 15.4. The van der Waals surface area contributed by atoms with Crippen molar-refractivity contribution in [2.24, 2.45) is 5.92 Å². The van der Waals surface area contributed by atoms with Crippen LogP contribution in [0.1, 0.15) is 39.5 Å². The van der Waals surface area contributed by atoms with Gasteiger partial charge in [0, 0.05) is 12.1 Å². The molecule has 1 atom stereocenters. The average Bonchev–Trinajstić information content (AvgIpc) is 2.24. The summed E-state index contributed by atoms with van der Waals surface area (Å²) in [7, 11) is 4.22. The quantitative estimate of drug-likeness (QED) is 0.788. The first-order chi connectivity index (χ1) is 8.31. The van der Waals surface area contributed by atoms with Gasteiger partial charge in [0.15, 0.2) is 0 Å². The van der Waals surface area contributed by atoms with Crippen LogP contribution in [0.4, 0.5) is 0 Å². The first-order valence-electron chi connectivity index (χ1n) is 6.93. The average molecular weight is 256 g/mol. The van der Waals surface area contributed by atoms with Gasteiger partial charge in [0.25, 0.3) is 0 Å². The minimum atomic E-state index is -0.718. The van der Waals surface area contributed by atoms with Gasteiger partial charge >= 0.3 is 5.97 Å². The number of nitrogens with zero attached hydrogens (tertiary/aromatic N) is 2. The molecule has 1 aliphatic heterocycles. The molecule has 4 nitrogen and oxygen atoms in total. The highest BCUT2D eigenvalue weighted by atomic mass is 16.4. The number of aliphatic carboxylic acids is 1. The summed E-state index contributed by atoms with van der Waals surface area (Å²) in [5.74, 6) is 0.0519. The molecule has 1 heterocycles. The van der Waals surface area contributed by atoms with E-state index in [-0.39, 0.29) is 12.0 Å². The maximum absolute atomic E-state index is 10.8. The van der Waals surface area contributed by atoms with Gasteiger partial charge in [-0.2, -0.15) is 0 Å². The summed E-state index contributed by atoms with van der Waals surface area (Å²) in [6, 6.07) is 0. The van der Waals surface area contributed by atoms with E-state index in [2.05, 4.69) is 16.8 Å². The lowest BCUT2D eigenvalue weighted by molar-refractivity contribution is -0.139. The van der Waals surface area contributed by atoms with E-state index in [0.717, 1.165) is 12.5 Å². The van der Waals surface area contributed by atoms with Gasteiger partial charge in [-0.05, 0) is 66.2 Å². The largest absolute Gasteiger partial charge is 0.481 e. The van der Waals surface area contributed by atoms with E-state index in [1.165, 1.54) is 32.4 Å². The van der Waals surface area contributed by atoms with Gasteiger partial charge in [0.05, 0.1) is 6.42 Å². The van der Waals surface area contributed by atoms with Gasteiger partial charge in [-0.15, -0.1) is 0 Å². The van der Waals surface area contributed by atoms with Crippen LogP contribution in [0.5, 0.6) is 0 Å². The first-order valence-corrected chi connectivity index (χ1v) is 6.93. The zero-order valence-electron chi connectivity index (χ0n) is 12.3. The van der Waals surface area contributed by atoms with Crippen molar-refractivity contribution >= 4 is 5.97 Å². The number of carbonyl (C=O) groups is 1. The first kappa shape index (κ1) is 15.4. The Morgan fingerprint density at radius 2 is 2.17 bits per heavy atom. The lowest BCUT2D eigenvalue weighted by Gasteiger charge is -2.36. The molecule has 1 aliphatic rings. The fourth-order valence-corrected chi connectivity index (χ4v) is 2.69. The molecule has 106 valence electrons. The molecule has 18 heavy (non-hydrogen) atoms. The van der Waals surface area contributed by atoms with E-state index in [9.17, 15) is 4.79 Å². The van der Waals surface area contributed by atoms with Crippen LogP contribution in [0, 0.1) is 5.92 Å². The van der Waals surface area contributed by atoms with Crippen molar-refractivity contribution < 1.29 is 9.90 Å². The smallest absolute Gasteiger partial charge is 0.305 e. The highest BCUT2D eigenvalue weighted by Crippen LogP contribution is 2.22. The van der Waals surface area contributed by atoms with E-state index in [4.69, 9.17) is 5.11 Å². The van der Waals surface area contributed by atoms with Gasteiger partial charge in [-0.25, -0.2) is 0 Å². The molecule has 1 rings (SSSR count). The summed E-state index contributed by atoms with van der Waals surface area (Å²) in [5, 5.41) is 8.92. The molecule has 0 amide bonds. The van der Waals surface area contributed by atoms with Crippen molar-refractivity contribution in [2.45, 2.75) is 45.1 Å². The topological polar surface area (TPSA) is 43.8 Å². The van der Waals surface area contributed by atoms with Crippen LogP contribution in [0.2, 0.25) is 0 Å². The summed E-state index contributed by atoms with van der Waals surface area (Å²) >= 11 is 0. The molecule has 1 unspecified atom stereocenters. The number of rotatable bonds is 6. The molecule has 0 saturated carbocycles. The summed E-state index contributed by atoms with van der Waals surface area (Å²) in [6.07, 6.45) is 3.99. The summed E-state index contributed by atoms with van der Waals surface area (Å²) < 4.78 is 0. The predicted octanol–water partition coefficient (Wildman–Crippen LogP) is 1.90. The summed E-state index contributed by atoms with van der Waals surface area (Å²) in [6.45, 7) is 7.41. The number of hydrogen-bond donors (Lipinski definition) is 1. The molecule has 0 aromatic rings. The van der Waals surface area contributed by atoms with Gasteiger partial charge in [-0.3, -0.25) is 4.79 Å². The molecule has 1 N–H and O–H groups in total. The van der Waals surface area contributed by atoms with Crippen LogP contribution < -0.4 is 0 Å². The molecular formula is C14H28N2O2. The standard InChI is InChI=1S/C14H28N2O2/c1-14(2,10-13(17)18)16(4)9-7-12-6-5-8-15(3)11-12/h12H,5-11H2,1-4H3,(H,17,18). The van der Waals surface area contributed by atoms with E-state index in [0.29, 0.717) is 0 Å². The van der Waals surface area contributed by atoms with E-state index >= 15 is 0 Å². The Bertz CT molecular complexity index is 279. The lowest BCUT2D eigenvalue weighted by atomic mass is 9.93. The molecule has 0 bridgehead atoms. The van der Waals surface area contributed by atoms with Crippen LogP contribution >= 0.6 is 0 Å². The Hall–Kier alpha value is -0.610. The summed E-state index contributed by atoms with van der Waals surface area (Å²) in [5.41, 5.74) is -0.258. The molecule has 4 heteroatoms. The minimum absolute atomic E-state index is 0.202. The Labute approximate surface area is 111 Å². The Kier molecular flexibility index (Phi) is 5.60. The highest BCUT2D eigenvalue weighted by Gasteiger charge is 2.27. The number of hydrogen-bond acceptors (Lipinski definition) is 3. The van der Waals surface area contributed by atoms with E-state index < -0.39 is 5.97 Å². The lowest BCUT2D eigenvalue weighted by Crippen LogP contribution is -2.44. The van der Waals surface area contributed by atoms with Gasteiger partial charge < -0.3 is 14.9 Å². The second kappa shape index (κ2) is 6.53. The molecule has 0 aliphatic carbocycles. The molecule has 0 radical (unpaired) electrons. The molecule has 1 fully saturated rings. The Balaban J connectivity index is 2.35. The number of piperidine rings is 1. The van der Waals surface area contributed by atoms with Crippen LogP contribution in [-0.2, 0) is 4.79 Å². The zero-order chi connectivity index (χ0) is 13.8. The van der Waals surface area contributed by atoms with Crippen LogP contribution in [0.15, 0.2) is 0 Å². The fourth-order valence-electron chi connectivity index (χ4n) is 2.69. The maximum Gasteiger partial charge on any atom is 0.305 e. The van der Waals surface area contributed by atoms with Crippen molar-refractivity contribution in [1.29, 1.82) is 0 Å². The predicted molar refractivity (Wildman–Crippen MR) is 73.8 cm³/mol. The van der Waals surface area contributed by atoms with Gasteiger partial charge in [0.1, 0.15) is 0 Å². The van der Waals surface area contributed by atoms with Gasteiger partial charge in [0.2, 0.25) is 0 Å². The Morgan fingerprint density at radius 3 is 2.72 bits per heavy atom. The van der Waals surface area contributed by atoms with E-state index in [1.54, 1.807) is 0 Å². The monoisotopic (exact) mass is 256 g/mol. The van der Waals surface area contributed by atoms with E-state index in [1.807, 2.05) is 20.9 Å². The third-order valence-electron chi connectivity index (χ3n) is 4.21. The number of likely N-dealkylation sites (tertiary alicyclic amines) is 1. The number of carboxylic acids is 1. The number of carboxylic acid groups (broad SMARTS) is 1. The molecule has 1 saturated heterocycles. The SMILES string of the molecule is CN1CCCC(CCN(C)C(C)(C)CC(=O)O)C1. The zero-order valence-corrected chi connectivity index (χ0v) is 12.3. The van der Waals surface area contributed by atoms with Crippen molar-refractivity contribution in [2.75, 3.05) is 33.7 Å². The third kappa shape index (κ3) is 4.94. The van der Waals surface area contributed by atoms with Gasteiger partial charge in [-0.1, -0.05) is 0 Å². The molecular weight excluding hydrogens is 228 g/mol. The molecule has 0 spiro atoms. The van der Waals surface area contributed by atoms with Crippen molar-refractivity contribution in [3.05, 3.63) is 0 Å². The molecule has 0 aromatic carbocycles. The third-order valence-corrected chi connectivity index (χ3v) is 4.21. The van der Waals surface area contributed by atoms with Crippen molar-refractivity contribution in [3.63, 3.8) is 0 Å². The minimum Gasteiger partial charge on any atom is -0.481 e. The maximum atomic E-state index is 10.8. The Morgan fingerprint density at radius 1 is 1.50 bits per heavy atom. The van der Waals surface area contributed by atoms with Crippen LogP contribution in [-0.4, -0.2) is 60.1 Å². The second-order valence-corrected chi connectivity index (χ2v) is 6.36.